The van der Waals surface area contributed by atoms with E-state index < -0.39 is 21.7 Å². The van der Waals surface area contributed by atoms with E-state index in [1.807, 2.05) is 0 Å². The first-order chi connectivity index (χ1) is 11.3. The van der Waals surface area contributed by atoms with Crippen LogP contribution in [0, 0.1) is 12.7 Å². The van der Waals surface area contributed by atoms with Crippen LogP contribution < -0.4 is 10.0 Å². The number of carbonyl (C=O) groups excluding carboxylic acids is 1. The SMILES string of the molecule is Cc1cccc(C(=O)Nc2cc(S(=O)(=O)NC3CC3)ccc2F)n1. The molecule has 1 aromatic carbocycles. The number of halogens is 1. The average molecular weight is 349 g/mol. The van der Waals surface area contributed by atoms with E-state index in [4.69, 9.17) is 0 Å². The van der Waals surface area contributed by atoms with Gasteiger partial charge in [0.1, 0.15) is 11.5 Å². The summed E-state index contributed by atoms with van der Waals surface area (Å²) in [6, 6.07) is 8.11. The molecule has 1 saturated carbocycles. The van der Waals surface area contributed by atoms with E-state index in [0.29, 0.717) is 5.69 Å². The maximum atomic E-state index is 13.9. The summed E-state index contributed by atoms with van der Waals surface area (Å²) in [5.41, 5.74) is 0.564. The van der Waals surface area contributed by atoms with Crippen LogP contribution in [-0.4, -0.2) is 25.4 Å². The molecule has 1 aliphatic rings. The van der Waals surface area contributed by atoms with Crippen LogP contribution in [0.1, 0.15) is 29.0 Å². The van der Waals surface area contributed by atoms with Crippen LogP contribution in [0.5, 0.6) is 0 Å². The largest absolute Gasteiger partial charge is 0.318 e. The third kappa shape index (κ3) is 3.77. The Kier molecular flexibility index (Phi) is 4.33. The van der Waals surface area contributed by atoms with Gasteiger partial charge in [0, 0.05) is 11.7 Å². The van der Waals surface area contributed by atoms with Crippen molar-refractivity contribution < 1.29 is 17.6 Å². The number of sulfonamides is 1. The number of rotatable bonds is 5. The number of hydrogen-bond donors (Lipinski definition) is 2. The van der Waals surface area contributed by atoms with Crippen LogP contribution >= 0.6 is 0 Å². The molecule has 1 aromatic heterocycles. The van der Waals surface area contributed by atoms with Crippen molar-refractivity contribution in [3.63, 3.8) is 0 Å². The number of anilines is 1. The van der Waals surface area contributed by atoms with E-state index in [1.165, 1.54) is 12.1 Å². The third-order valence-electron chi connectivity index (χ3n) is 3.52. The van der Waals surface area contributed by atoms with Crippen LogP contribution in [0.4, 0.5) is 10.1 Å². The minimum absolute atomic E-state index is 0.0606. The van der Waals surface area contributed by atoms with Gasteiger partial charge in [-0.1, -0.05) is 6.07 Å². The van der Waals surface area contributed by atoms with Gasteiger partial charge in [-0.15, -0.1) is 0 Å². The summed E-state index contributed by atoms with van der Waals surface area (Å²) in [6.07, 6.45) is 1.59. The fraction of sp³-hybridized carbons (Fsp3) is 0.250. The molecule has 3 rings (SSSR count). The molecule has 1 heterocycles. The summed E-state index contributed by atoms with van der Waals surface area (Å²) < 4.78 is 40.8. The molecule has 6 nitrogen and oxygen atoms in total. The van der Waals surface area contributed by atoms with Crippen molar-refractivity contribution in [2.24, 2.45) is 0 Å². The summed E-state index contributed by atoms with van der Waals surface area (Å²) in [5, 5.41) is 2.37. The monoisotopic (exact) mass is 349 g/mol. The van der Waals surface area contributed by atoms with Crippen molar-refractivity contribution in [2.45, 2.75) is 30.7 Å². The van der Waals surface area contributed by atoms with Gasteiger partial charge in [-0.2, -0.15) is 0 Å². The molecule has 1 amide bonds. The lowest BCUT2D eigenvalue weighted by Gasteiger charge is -2.10. The molecule has 0 radical (unpaired) electrons. The highest BCUT2D eigenvalue weighted by atomic mass is 32.2. The third-order valence-corrected chi connectivity index (χ3v) is 5.03. The minimum Gasteiger partial charge on any atom is -0.318 e. The van der Waals surface area contributed by atoms with Gasteiger partial charge in [-0.25, -0.2) is 22.5 Å². The van der Waals surface area contributed by atoms with Crippen molar-refractivity contribution in [2.75, 3.05) is 5.32 Å². The average Bonchev–Trinajstić information content (AvgIpc) is 3.32. The second kappa shape index (κ2) is 6.29. The predicted molar refractivity (Wildman–Crippen MR) is 86.7 cm³/mol. The van der Waals surface area contributed by atoms with Gasteiger partial charge >= 0.3 is 0 Å². The zero-order chi connectivity index (χ0) is 17.3. The second-order valence-electron chi connectivity index (χ2n) is 5.66. The molecule has 0 aliphatic heterocycles. The number of nitrogens with one attached hydrogen (secondary N) is 2. The summed E-state index contributed by atoms with van der Waals surface area (Å²) in [6.45, 7) is 1.73. The maximum Gasteiger partial charge on any atom is 0.274 e. The number of aromatic nitrogens is 1. The number of amides is 1. The lowest BCUT2D eigenvalue weighted by Crippen LogP contribution is -2.26. The predicted octanol–water partition coefficient (Wildman–Crippen LogP) is 2.22. The van der Waals surface area contributed by atoms with Gasteiger partial charge in [-0.05, 0) is 50.1 Å². The Morgan fingerprint density at radius 3 is 2.67 bits per heavy atom. The second-order valence-corrected chi connectivity index (χ2v) is 7.37. The van der Waals surface area contributed by atoms with E-state index in [2.05, 4.69) is 15.0 Å². The number of nitrogens with zero attached hydrogens (tertiary/aromatic N) is 1. The molecular weight excluding hydrogens is 333 g/mol. The van der Waals surface area contributed by atoms with E-state index in [0.717, 1.165) is 25.0 Å². The topological polar surface area (TPSA) is 88.2 Å². The molecule has 0 saturated heterocycles. The molecule has 0 bridgehead atoms. The highest BCUT2D eigenvalue weighted by Crippen LogP contribution is 2.24. The Bertz CT molecular complexity index is 895. The molecule has 1 fully saturated rings. The van der Waals surface area contributed by atoms with E-state index in [9.17, 15) is 17.6 Å². The van der Waals surface area contributed by atoms with Gasteiger partial charge < -0.3 is 5.32 Å². The van der Waals surface area contributed by atoms with Gasteiger partial charge in [-0.3, -0.25) is 4.79 Å². The van der Waals surface area contributed by atoms with Crippen LogP contribution in [0.15, 0.2) is 41.3 Å². The summed E-state index contributed by atoms with van der Waals surface area (Å²) >= 11 is 0. The number of hydrogen-bond acceptors (Lipinski definition) is 4. The van der Waals surface area contributed by atoms with Gasteiger partial charge in [0.15, 0.2) is 0 Å². The van der Waals surface area contributed by atoms with Crippen molar-refractivity contribution >= 4 is 21.6 Å². The summed E-state index contributed by atoms with van der Waals surface area (Å²) in [4.78, 5) is 16.1. The molecule has 1 aliphatic carbocycles. The van der Waals surface area contributed by atoms with Crippen molar-refractivity contribution in [3.8, 4) is 0 Å². The van der Waals surface area contributed by atoms with E-state index >= 15 is 0 Å². The van der Waals surface area contributed by atoms with Gasteiger partial charge in [0.25, 0.3) is 5.91 Å². The Labute approximate surface area is 139 Å². The van der Waals surface area contributed by atoms with Crippen LogP contribution in [0.3, 0.4) is 0 Å². The number of carbonyl (C=O) groups is 1. The molecule has 126 valence electrons. The molecule has 0 atom stereocenters. The summed E-state index contributed by atoms with van der Waals surface area (Å²) in [7, 11) is -3.73. The lowest BCUT2D eigenvalue weighted by atomic mass is 10.2. The molecule has 0 spiro atoms. The van der Waals surface area contributed by atoms with Crippen LogP contribution in [-0.2, 0) is 10.0 Å². The Morgan fingerprint density at radius 1 is 1.25 bits per heavy atom. The quantitative estimate of drug-likeness (QED) is 0.866. The molecule has 2 N–H and O–H groups in total. The number of pyridine rings is 1. The molecule has 2 aromatic rings. The number of benzene rings is 1. The highest BCUT2D eigenvalue weighted by molar-refractivity contribution is 7.89. The Hall–Kier alpha value is -2.32. The summed E-state index contributed by atoms with van der Waals surface area (Å²) in [5.74, 6) is -1.33. The van der Waals surface area contributed by atoms with Crippen molar-refractivity contribution in [1.82, 2.24) is 9.71 Å². The molecule has 24 heavy (non-hydrogen) atoms. The fourth-order valence-corrected chi connectivity index (χ4v) is 3.44. The molecular formula is C16H16FN3O3S. The lowest BCUT2D eigenvalue weighted by molar-refractivity contribution is 0.102. The Morgan fingerprint density at radius 2 is 2.00 bits per heavy atom. The number of aryl methyl sites for hydroxylation is 1. The highest BCUT2D eigenvalue weighted by Gasteiger charge is 2.28. The maximum absolute atomic E-state index is 13.9. The minimum atomic E-state index is -3.73. The van der Waals surface area contributed by atoms with Gasteiger partial charge in [0.2, 0.25) is 10.0 Å². The first-order valence-electron chi connectivity index (χ1n) is 7.42. The van der Waals surface area contributed by atoms with E-state index in [-0.39, 0.29) is 22.3 Å². The molecule has 8 heteroatoms. The smallest absolute Gasteiger partial charge is 0.274 e. The normalized spacial score (nSPS) is 14.4. The van der Waals surface area contributed by atoms with Crippen LogP contribution in [0.2, 0.25) is 0 Å². The van der Waals surface area contributed by atoms with E-state index in [1.54, 1.807) is 19.1 Å². The first-order valence-corrected chi connectivity index (χ1v) is 8.90. The van der Waals surface area contributed by atoms with Gasteiger partial charge in [0.05, 0.1) is 10.6 Å². The van der Waals surface area contributed by atoms with Crippen molar-refractivity contribution in [1.29, 1.82) is 0 Å². The van der Waals surface area contributed by atoms with Crippen LogP contribution in [0.25, 0.3) is 0 Å². The first kappa shape index (κ1) is 16.5. The zero-order valence-corrected chi connectivity index (χ0v) is 13.7. The zero-order valence-electron chi connectivity index (χ0n) is 12.9. The van der Waals surface area contributed by atoms with Crippen molar-refractivity contribution in [3.05, 3.63) is 53.6 Å². The molecule has 0 unspecified atom stereocenters. The standard InChI is InChI=1S/C16H16FN3O3S/c1-10-3-2-4-14(18-10)16(21)19-15-9-12(7-8-13(15)17)24(22,23)20-11-5-6-11/h2-4,7-9,11,20H,5-6H2,1H3,(H,19,21). The fourth-order valence-electron chi connectivity index (χ4n) is 2.11. The Balaban J connectivity index is 1.85.